The fourth-order valence-electron chi connectivity index (χ4n) is 1.58. The van der Waals surface area contributed by atoms with Crippen LogP contribution in [0, 0.1) is 23.7 Å². The van der Waals surface area contributed by atoms with Gasteiger partial charge >= 0.3 is 5.97 Å². The average Bonchev–Trinajstić information content (AvgIpc) is 2.43. The van der Waals surface area contributed by atoms with E-state index in [0.717, 1.165) is 25.7 Å². The van der Waals surface area contributed by atoms with Crippen molar-refractivity contribution in [2.75, 3.05) is 7.11 Å². The maximum atomic E-state index is 10.7. The normalized spacial score (nSPS) is 8.95. The van der Waals surface area contributed by atoms with Gasteiger partial charge in [0.15, 0.2) is 0 Å². The van der Waals surface area contributed by atoms with E-state index >= 15 is 0 Å². The second-order valence-corrected chi connectivity index (χ2v) is 4.52. The number of esters is 1. The molecule has 0 N–H and O–H groups in total. The van der Waals surface area contributed by atoms with Crippen LogP contribution >= 0.6 is 0 Å². The molecule has 2 nitrogen and oxygen atoms in total. The summed E-state index contributed by atoms with van der Waals surface area (Å²) in [6, 6.07) is 0. The van der Waals surface area contributed by atoms with Gasteiger partial charge in [0.2, 0.25) is 0 Å². The number of carbonyl (C=O) groups excluding carboxylic acids is 1. The second-order valence-electron chi connectivity index (χ2n) is 4.52. The maximum absolute atomic E-state index is 10.7. The Balaban J connectivity index is 3.24. The highest BCUT2D eigenvalue weighted by molar-refractivity contribution is 5.88. The summed E-state index contributed by atoms with van der Waals surface area (Å²) in [6.07, 6.45) is 11.2. The van der Waals surface area contributed by atoms with Crippen molar-refractivity contribution in [1.82, 2.24) is 0 Å². The Kier molecular flexibility index (Phi) is 13.6. The standard InChI is InChI=1S/C17H26O2/c1-3-4-5-6-7-8-9-10-11-12-13-14-15-16-17(18)19-2/h3-5,8-14H2,1-2H3. The highest BCUT2D eigenvalue weighted by atomic mass is 16.5. The van der Waals surface area contributed by atoms with Gasteiger partial charge in [0.25, 0.3) is 0 Å². The monoisotopic (exact) mass is 262 g/mol. The minimum atomic E-state index is -0.443. The number of unbranched alkanes of at least 4 members (excludes halogenated alkanes) is 8. The van der Waals surface area contributed by atoms with Gasteiger partial charge in [0, 0.05) is 25.2 Å². The molecule has 0 saturated carbocycles. The van der Waals surface area contributed by atoms with E-state index < -0.39 is 5.97 Å². The second kappa shape index (κ2) is 14.7. The molecule has 0 radical (unpaired) electrons. The zero-order valence-corrected chi connectivity index (χ0v) is 12.4. The molecule has 0 aromatic carbocycles. The smallest absolute Gasteiger partial charge is 0.384 e. The van der Waals surface area contributed by atoms with Crippen LogP contribution in [0.25, 0.3) is 0 Å². The van der Waals surface area contributed by atoms with Crippen molar-refractivity contribution in [2.24, 2.45) is 0 Å². The van der Waals surface area contributed by atoms with Gasteiger partial charge in [0.1, 0.15) is 0 Å². The SMILES string of the molecule is CCCCC#CCCCCCCCC#CC(=O)OC. The van der Waals surface area contributed by atoms with E-state index in [1.54, 1.807) is 0 Å². The summed E-state index contributed by atoms with van der Waals surface area (Å²) < 4.78 is 4.43. The van der Waals surface area contributed by atoms with Crippen LogP contribution in [0.4, 0.5) is 0 Å². The topological polar surface area (TPSA) is 26.3 Å². The fraction of sp³-hybridized carbons (Fsp3) is 0.706. The third-order valence-corrected chi connectivity index (χ3v) is 2.76. The van der Waals surface area contributed by atoms with E-state index in [1.165, 1.54) is 45.6 Å². The Morgan fingerprint density at radius 3 is 1.95 bits per heavy atom. The number of methoxy groups -OCH3 is 1. The molecular formula is C17H26O2. The Labute approximate surface area is 118 Å². The fourth-order valence-corrected chi connectivity index (χ4v) is 1.58. The van der Waals surface area contributed by atoms with Crippen molar-refractivity contribution < 1.29 is 9.53 Å². The lowest BCUT2D eigenvalue weighted by Crippen LogP contribution is -1.94. The summed E-state index contributed by atoms with van der Waals surface area (Å²) >= 11 is 0. The number of carbonyl (C=O) groups is 1. The average molecular weight is 262 g/mol. The molecule has 0 aromatic rings. The molecule has 0 aromatic heterocycles. The first-order valence-corrected chi connectivity index (χ1v) is 7.33. The van der Waals surface area contributed by atoms with Gasteiger partial charge in [-0.1, -0.05) is 38.5 Å². The zero-order chi connectivity index (χ0) is 14.2. The third-order valence-electron chi connectivity index (χ3n) is 2.76. The largest absolute Gasteiger partial charge is 0.459 e. The Morgan fingerprint density at radius 1 is 0.842 bits per heavy atom. The van der Waals surface area contributed by atoms with Crippen LogP contribution in [0.2, 0.25) is 0 Å². The summed E-state index contributed by atoms with van der Waals surface area (Å²) in [5, 5.41) is 0. The maximum Gasteiger partial charge on any atom is 0.384 e. The Hall–Kier alpha value is -1.41. The van der Waals surface area contributed by atoms with Gasteiger partial charge < -0.3 is 4.74 Å². The zero-order valence-electron chi connectivity index (χ0n) is 12.4. The van der Waals surface area contributed by atoms with Crippen LogP contribution < -0.4 is 0 Å². The van der Waals surface area contributed by atoms with Crippen LogP contribution in [-0.2, 0) is 9.53 Å². The Morgan fingerprint density at radius 2 is 1.37 bits per heavy atom. The number of hydrogen-bond acceptors (Lipinski definition) is 2. The molecular weight excluding hydrogens is 236 g/mol. The van der Waals surface area contributed by atoms with Crippen molar-refractivity contribution in [2.45, 2.75) is 71.1 Å². The van der Waals surface area contributed by atoms with Crippen LogP contribution in [0.3, 0.4) is 0 Å². The molecule has 19 heavy (non-hydrogen) atoms. The molecule has 0 aliphatic heterocycles. The molecule has 0 fully saturated rings. The van der Waals surface area contributed by atoms with Crippen molar-refractivity contribution in [3.8, 4) is 23.7 Å². The van der Waals surface area contributed by atoms with Gasteiger partial charge in [-0.3, -0.25) is 0 Å². The van der Waals surface area contributed by atoms with Gasteiger partial charge in [-0.15, -0.1) is 11.8 Å². The number of ether oxygens (including phenoxy) is 1. The van der Waals surface area contributed by atoms with Crippen molar-refractivity contribution >= 4 is 5.97 Å². The molecule has 0 atom stereocenters. The number of hydrogen-bond donors (Lipinski definition) is 0. The van der Waals surface area contributed by atoms with E-state index in [9.17, 15) is 4.79 Å². The molecule has 0 spiro atoms. The molecule has 2 heteroatoms. The van der Waals surface area contributed by atoms with Crippen LogP contribution in [0.15, 0.2) is 0 Å². The van der Waals surface area contributed by atoms with Crippen LogP contribution in [0.1, 0.15) is 71.1 Å². The molecule has 0 amide bonds. The van der Waals surface area contributed by atoms with E-state index in [0.29, 0.717) is 0 Å². The van der Waals surface area contributed by atoms with Gasteiger partial charge in [0.05, 0.1) is 7.11 Å². The van der Waals surface area contributed by atoms with E-state index in [-0.39, 0.29) is 0 Å². The quantitative estimate of drug-likeness (QED) is 0.285. The lowest BCUT2D eigenvalue weighted by atomic mass is 10.1. The lowest BCUT2D eigenvalue weighted by molar-refractivity contribution is -0.133. The van der Waals surface area contributed by atoms with E-state index in [1.807, 2.05) is 0 Å². The van der Waals surface area contributed by atoms with Crippen molar-refractivity contribution in [1.29, 1.82) is 0 Å². The first kappa shape index (κ1) is 17.6. The van der Waals surface area contributed by atoms with Crippen LogP contribution in [0.5, 0.6) is 0 Å². The predicted molar refractivity (Wildman–Crippen MR) is 79.4 cm³/mol. The summed E-state index contributed by atoms with van der Waals surface area (Å²) in [7, 11) is 1.35. The molecule has 0 heterocycles. The molecule has 0 aliphatic rings. The molecule has 0 rings (SSSR count). The Bertz CT molecular complexity index is 336. The van der Waals surface area contributed by atoms with Gasteiger partial charge in [-0.25, -0.2) is 4.79 Å². The molecule has 0 bridgehead atoms. The first-order chi connectivity index (χ1) is 9.31. The van der Waals surface area contributed by atoms with Crippen molar-refractivity contribution in [3.63, 3.8) is 0 Å². The highest BCUT2D eigenvalue weighted by Crippen LogP contribution is 2.06. The number of rotatable bonds is 8. The van der Waals surface area contributed by atoms with Crippen molar-refractivity contribution in [3.05, 3.63) is 0 Å². The van der Waals surface area contributed by atoms with Gasteiger partial charge in [-0.05, 0) is 19.3 Å². The minimum Gasteiger partial charge on any atom is -0.459 e. The van der Waals surface area contributed by atoms with E-state index in [4.69, 9.17) is 0 Å². The summed E-state index contributed by atoms with van der Waals surface area (Å²) in [5.74, 6) is 11.3. The van der Waals surface area contributed by atoms with Crippen LogP contribution in [-0.4, -0.2) is 13.1 Å². The predicted octanol–water partition coefficient (Wildman–Crippen LogP) is 4.09. The minimum absolute atomic E-state index is 0.443. The highest BCUT2D eigenvalue weighted by Gasteiger charge is 1.90. The summed E-state index contributed by atoms with van der Waals surface area (Å²) in [4.78, 5) is 10.7. The van der Waals surface area contributed by atoms with Gasteiger partial charge in [-0.2, -0.15) is 0 Å². The molecule has 0 unspecified atom stereocenters. The lowest BCUT2D eigenvalue weighted by Gasteiger charge is -1.96. The first-order valence-electron chi connectivity index (χ1n) is 7.33. The molecule has 0 aliphatic carbocycles. The molecule has 106 valence electrons. The third kappa shape index (κ3) is 14.5. The summed E-state index contributed by atoms with van der Waals surface area (Å²) in [6.45, 7) is 2.19. The van der Waals surface area contributed by atoms with E-state index in [2.05, 4.69) is 35.3 Å². The summed E-state index contributed by atoms with van der Waals surface area (Å²) in [5.41, 5.74) is 0. The molecule has 0 saturated heterocycles.